The van der Waals surface area contributed by atoms with Gasteiger partial charge in [-0.15, -0.1) is 0 Å². The van der Waals surface area contributed by atoms with E-state index in [4.69, 9.17) is 0 Å². The van der Waals surface area contributed by atoms with Crippen molar-refractivity contribution in [2.45, 2.75) is 57.5 Å². The molecule has 0 spiro atoms. The van der Waals surface area contributed by atoms with E-state index in [1.165, 1.54) is 68.3 Å². The van der Waals surface area contributed by atoms with E-state index in [1.54, 1.807) is 0 Å². The van der Waals surface area contributed by atoms with Gasteiger partial charge in [-0.1, -0.05) is 6.92 Å². The van der Waals surface area contributed by atoms with Crippen molar-refractivity contribution >= 4 is 29.4 Å². The molecule has 0 bridgehead atoms. The highest BCUT2D eigenvalue weighted by Crippen LogP contribution is 2.27. The Labute approximate surface area is 168 Å². The van der Waals surface area contributed by atoms with E-state index in [9.17, 15) is 4.79 Å². The molecule has 0 aromatic carbocycles. The number of hydrogen-bond acceptors (Lipinski definition) is 5. The predicted molar refractivity (Wildman–Crippen MR) is 115 cm³/mol. The minimum absolute atomic E-state index is 0.270. The molecule has 3 rings (SSSR count). The molecule has 0 aliphatic carbocycles. The first-order chi connectivity index (χ1) is 12.8. The molecule has 3 fully saturated rings. The van der Waals surface area contributed by atoms with Crippen LogP contribution in [0.15, 0.2) is 0 Å². The largest absolute Gasteiger partial charge is 0.355 e. The summed E-state index contributed by atoms with van der Waals surface area (Å²) >= 11 is 4.26. The van der Waals surface area contributed by atoms with Crippen molar-refractivity contribution in [2.75, 3.05) is 55.7 Å². The molecular weight excluding hydrogens is 362 g/mol. The highest BCUT2D eigenvalue weighted by molar-refractivity contribution is 8.03. The summed E-state index contributed by atoms with van der Waals surface area (Å²) in [4.78, 5) is 17.5. The van der Waals surface area contributed by atoms with E-state index in [0.29, 0.717) is 6.04 Å². The van der Waals surface area contributed by atoms with Crippen molar-refractivity contribution in [2.24, 2.45) is 5.92 Å². The van der Waals surface area contributed by atoms with Gasteiger partial charge < -0.3 is 5.32 Å². The number of carbonyl (C=O) groups is 1. The van der Waals surface area contributed by atoms with Gasteiger partial charge in [0, 0.05) is 48.1 Å². The number of nitrogens with one attached hydrogen (secondary N) is 1. The van der Waals surface area contributed by atoms with E-state index in [1.807, 2.05) is 0 Å². The second-order valence-electron chi connectivity index (χ2n) is 8.05. The van der Waals surface area contributed by atoms with E-state index in [0.717, 1.165) is 37.9 Å². The summed E-state index contributed by atoms with van der Waals surface area (Å²) in [6, 6.07) is 1.35. The molecule has 150 valence electrons. The molecule has 6 heteroatoms. The van der Waals surface area contributed by atoms with Crippen LogP contribution < -0.4 is 5.32 Å². The van der Waals surface area contributed by atoms with Gasteiger partial charge in [0.1, 0.15) is 0 Å². The summed E-state index contributed by atoms with van der Waals surface area (Å²) < 4.78 is 0. The standard InChI is InChI=1S/C20H37N3OS2/c1-2-22-9-3-4-18(22)14-21-20(24)6-5-17-7-10-23(11-8-17)19-15-25-12-13-26-16-19/h17-19H,2-16H2,1H3,(H,21,24)/t18-/m0/s1. The number of likely N-dealkylation sites (tertiary alicyclic amines) is 2. The second-order valence-corrected chi connectivity index (χ2v) is 10.4. The Hall–Kier alpha value is 0.0900. The highest BCUT2D eigenvalue weighted by atomic mass is 32.2. The Morgan fingerprint density at radius 1 is 1.08 bits per heavy atom. The average Bonchev–Trinajstić information content (AvgIpc) is 2.96. The fraction of sp³-hybridized carbons (Fsp3) is 0.950. The third kappa shape index (κ3) is 6.32. The SMILES string of the molecule is CCN1CCC[C@H]1CNC(=O)CCC1CCN(C2CSCCSC2)CC1. The molecule has 1 amide bonds. The lowest BCUT2D eigenvalue weighted by Crippen LogP contribution is -2.44. The number of piperidine rings is 1. The van der Waals surface area contributed by atoms with Gasteiger partial charge in [-0.05, 0) is 64.2 Å². The highest BCUT2D eigenvalue weighted by Gasteiger charge is 2.27. The van der Waals surface area contributed by atoms with Crippen molar-refractivity contribution in [3.05, 3.63) is 0 Å². The van der Waals surface area contributed by atoms with Crippen molar-refractivity contribution in [1.82, 2.24) is 15.1 Å². The van der Waals surface area contributed by atoms with Crippen LogP contribution in [0.25, 0.3) is 0 Å². The van der Waals surface area contributed by atoms with Crippen molar-refractivity contribution < 1.29 is 4.79 Å². The van der Waals surface area contributed by atoms with Crippen molar-refractivity contribution in [1.29, 1.82) is 0 Å². The maximum atomic E-state index is 12.2. The lowest BCUT2D eigenvalue weighted by molar-refractivity contribution is -0.121. The van der Waals surface area contributed by atoms with Crippen LogP contribution in [-0.4, -0.2) is 83.5 Å². The Balaban J connectivity index is 1.29. The smallest absolute Gasteiger partial charge is 0.220 e. The molecule has 1 N–H and O–H groups in total. The first-order valence-corrected chi connectivity index (χ1v) is 13.0. The van der Waals surface area contributed by atoms with E-state index >= 15 is 0 Å². The topological polar surface area (TPSA) is 35.6 Å². The molecule has 0 unspecified atom stereocenters. The number of amides is 1. The van der Waals surface area contributed by atoms with Crippen molar-refractivity contribution in [3.63, 3.8) is 0 Å². The summed E-state index contributed by atoms with van der Waals surface area (Å²) in [6.07, 6.45) is 6.89. The Bertz CT molecular complexity index is 421. The zero-order chi connectivity index (χ0) is 18.2. The summed E-state index contributed by atoms with van der Waals surface area (Å²) in [5, 5.41) is 3.20. The minimum atomic E-state index is 0.270. The first-order valence-electron chi connectivity index (χ1n) is 10.7. The normalized spacial score (nSPS) is 27.5. The summed E-state index contributed by atoms with van der Waals surface area (Å²) in [5.74, 6) is 6.30. The molecule has 3 heterocycles. The van der Waals surface area contributed by atoms with Crippen LogP contribution >= 0.6 is 23.5 Å². The molecule has 3 saturated heterocycles. The lowest BCUT2D eigenvalue weighted by atomic mass is 9.91. The van der Waals surface area contributed by atoms with Crippen molar-refractivity contribution in [3.8, 4) is 0 Å². The molecule has 3 aliphatic heterocycles. The number of carbonyl (C=O) groups excluding carboxylic acids is 1. The Kier molecular flexibility index (Phi) is 8.95. The third-order valence-electron chi connectivity index (χ3n) is 6.38. The summed E-state index contributed by atoms with van der Waals surface area (Å²) in [5.41, 5.74) is 0. The molecule has 4 nitrogen and oxygen atoms in total. The van der Waals surface area contributed by atoms with Gasteiger partial charge in [0.2, 0.25) is 5.91 Å². The fourth-order valence-electron chi connectivity index (χ4n) is 4.62. The van der Waals surface area contributed by atoms with E-state index < -0.39 is 0 Å². The van der Waals surface area contributed by atoms with Gasteiger partial charge >= 0.3 is 0 Å². The van der Waals surface area contributed by atoms with Gasteiger partial charge in [0.05, 0.1) is 0 Å². The van der Waals surface area contributed by atoms with Gasteiger partial charge in [-0.2, -0.15) is 23.5 Å². The van der Waals surface area contributed by atoms with E-state index in [2.05, 4.69) is 45.6 Å². The molecule has 0 aromatic heterocycles. The number of hydrogen-bond donors (Lipinski definition) is 1. The third-order valence-corrected chi connectivity index (χ3v) is 8.86. The molecule has 3 aliphatic rings. The Morgan fingerprint density at radius 3 is 2.50 bits per heavy atom. The first kappa shape index (κ1) is 20.8. The van der Waals surface area contributed by atoms with Gasteiger partial charge in [0.15, 0.2) is 0 Å². The molecule has 0 aromatic rings. The quantitative estimate of drug-likeness (QED) is 0.712. The minimum Gasteiger partial charge on any atom is -0.355 e. The molecule has 1 atom stereocenters. The maximum Gasteiger partial charge on any atom is 0.220 e. The van der Waals surface area contributed by atoms with Crippen LogP contribution in [0.3, 0.4) is 0 Å². The summed E-state index contributed by atoms with van der Waals surface area (Å²) in [6.45, 7) is 7.86. The van der Waals surface area contributed by atoms with Crippen LogP contribution in [0.4, 0.5) is 0 Å². The number of likely N-dealkylation sites (N-methyl/N-ethyl adjacent to an activating group) is 1. The molecule has 0 radical (unpaired) electrons. The number of nitrogens with zero attached hydrogens (tertiary/aromatic N) is 2. The summed E-state index contributed by atoms with van der Waals surface area (Å²) in [7, 11) is 0. The van der Waals surface area contributed by atoms with Crippen LogP contribution in [0.2, 0.25) is 0 Å². The second kappa shape index (κ2) is 11.2. The van der Waals surface area contributed by atoms with Crippen LogP contribution in [-0.2, 0) is 4.79 Å². The molecule has 0 saturated carbocycles. The monoisotopic (exact) mass is 399 g/mol. The maximum absolute atomic E-state index is 12.2. The van der Waals surface area contributed by atoms with Gasteiger partial charge in [-0.3, -0.25) is 14.6 Å². The average molecular weight is 400 g/mol. The zero-order valence-corrected chi connectivity index (χ0v) is 18.1. The zero-order valence-electron chi connectivity index (χ0n) is 16.5. The predicted octanol–water partition coefficient (Wildman–Crippen LogP) is 2.93. The van der Waals surface area contributed by atoms with Crippen LogP contribution in [0, 0.1) is 5.92 Å². The van der Waals surface area contributed by atoms with E-state index in [-0.39, 0.29) is 5.91 Å². The Morgan fingerprint density at radius 2 is 1.81 bits per heavy atom. The fourth-order valence-corrected chi connectivity index (χ4v) is 7.25. The van der Waals surface area contributed by atoms with Gasteiger partial charge in [-0.25, -0.2) is 0 Å². The van der Waals surface area contributed by atoms with Crippen LogP contribution in [0.5, 0.6) is 0 Å². The molecule has 26 heavy (non-hydrogen) atoms. The van der Waals surface area contributed by atoms with Gasteiger partial charge in [0.25, 0.3) is 0 Å². The number of thioether (sulfide) groups is 2. The van der Waals surface area contributed by atoms with Crippen LogP contribution in [0.1, 0.15) is 45.4 Å². The lowest BCUT2D eigenvalue weighted by Gasteiger charge is -2.37. The molecular formula is C20H37N3OS2. The number of rotatable bonds is 7.